The average molecular weight is 603 g/mol. The van der Waals surface area contributed by atoms with E-state index in [0.29, 0.717) is 23.7 Å². The number of hydrogen-bond donors (Lipinski definition) is 0. The van der Waals surface area contributed by atoms with Crippen LogP contribution in [-0.4, -0.2) is 50.9 Å². The Hall–Kier alpha value is -0.965. The van der Waals surface area contributed by atoms with Crippen LogP contribution in [0, 0.1) is 46.8 Å². The zero-order chi connectivity index (χ0) is 30.5. The van der Waals surface area contributed by atoms with Gasteiger partial charge in [-0.05, 0) is 0 Å². The molecule has 3 aliphatic carbocycles. The predicted octanol–water partition coefficient (Wildman–Crippen LogP) is 9.33. The first-order valence-electron chi connectivity index (χ1n) is 18.9. The van der Waals surface area contributed by atoms with Crippen LogP contribution in [-0.2, 0) is 14.2 Å². The summed E-state index contributed by atoms with van der Waals surface area (Å²) in [5, 5.41) is 0. The molecular formula is C40H63BO3. The van der Waals surface area contributed by atoms with Gasteiger partial charge in [0.15, 0.2) is 0 Å². The molecule has 6 rings (SSSR count). The molecule has 0 aromatic heterocycles. The maximum absolute atomic E-state index is 7.75. The third-order valence-corrected chi connectivity index (χ3v) is 13.1. The standard InChI is InChI=1S/C40H63BO3/c1-28-11-12-31(21-28)13-15-34-9-6-5-7-18-40(4)30(3)24-35-16-14-32(22-29(2)23-33-17-20-43-26-33)25-37(35)39(44-38(34)40)41-36-10-8-19-42-27-36/h7,18,30-35,37-39H,1-2,5-6,8-17,19-27H2,3-4H3/t30?,31?,32?,33?,34?,35?,37?,38?,39?,40-/m1/s1. The van der Waals surface area contributed by atoms with E-state index in [1.165, 1.54) is 113 Å². The molecule has 2 saturated carbocycles. The van der Waals surface area contributed by atoms with Gasteiger partial charge in [0, 0.05) is 0 Å². The van der Waals surface area contributed by atoms with Gasteiger partial charge in [-0.2, -0.15) is 0 Å². The van der Waals surface area contributed by atoms with Crippen LogP contribution in [0.4, 0.5) is 0 Å². The van der Waals surface area contributed by atoms with Crippen LogP contribution in [0.25, 0.3) is 0 Å². The molecule has 0 bridgehead atoms. The van der Waals surface area contributed by atoms with Crippen molar-refractivity contribution in [2.75, 3.05) is 26.4 Å². The van der Waals surface area contributed by atoms with Crippen molar-refractivity contribution >= 4 is 12.4 Å². The molecule has 0 N–H and O–H groups in total. The molecule has 0 aromatic carbocycles. The normalized spacial score (nSPS) is 42.5. The van der Waals surface area contributed by atoms with Gasteiger partial charge >= 0.3 is 271 Å². The number of rotatable bonds is 8. The summed E-state index contributed by atoms with van der Waals surface area (Å²) >= 11 is 0. The number of ether oxygens (including phenoxy) is 3. The van der Waals surface area contributed by atoms with Gasteiger partial charge in [0.1, 0.15) is 0 Å². The van der Waals surface area contributed by atoms with Crippen molar-refractivity contribution in [3.8, 4) is 0 Å². The van der Waals surface area contributed by atoms with Crippen molar-refractivity contribution < 1.29 is 14.2 Å². The molecule has 9 unspecified atom stereocenters. The Morgan fingerprint density at radius 3 is 2.61 bits per heavy atom. The molecule has 0 aromatic rings. The second kappa shape index (κ2) is 15.3. The van der Waals surface area contributed by atoms with E-state index in [0.717, 1.165) is 57.0 Å². The van der Waals surface area contributed by atoms with Crippen LogP contribution < -0.4 is 0 Å². The van der Waals surface area contributed by atoms with Crippen LogP contribution >= 0.6 is 0 Å². The van der Waals surface area contributed by atoms with Gasteiger partial charge in [-0.1, -0.05) is 0 Å². The Bertz CT molecular complexity index is 1030. The van der Waals surface area contributed by atoms with E-state index in [4.69, 9.17) is 14.2 Å². The predicted molar refractivity (Wildman–Crippen MR) is 185 cm³/mol. The van der Waals surface area contributed by atoms with Gasteiger partial charge in [0.05, 0.1) is 0 Å². The van der Waals surface area contributed by atoms with Gasteiger partial charge in [0.2, 0.25) is 0 Å². The minimum absolute atomic E-state index is 0.0869. The molecular weight excluding hydrogens is 539 g/mol. The first-order valence-corrected chi connectivity index (χ1v) is 18.9. The maximum atomic E-state index is 7.75. The molecule has 3 aliphatic heterocycles. The molecule has 0 spiro atoms. The fraction of sp³-hybridized carbons (Fsp3) is 0.825. The molecule has 3 heterocycles. The van der Waals surface area contributed by atoms with Crippen LogP contribution in [0.1, 0.15) is 123 Å². The van der Waals surface area contributed by atoms with E-state index in [1.54, 1.807) is 0 Å². The third-order valence-electron chi connectivity index (χ3n) is 13.1. The fourth-order valence-electron chi connectivity index (χ4n) is 10.4. The van der Waals surface area contributed by atoms with Crippen molar-refractivity contribution in [2.24, 2.45) is 46.8 Å². The zero-order valence-electron chi connectivity index (χ0n) is 28.4. The van der Waals surface area contributed by atoms with Crippen molar-refractivity contribution in [1.82, 2.24) is 0 Å². The first kappa shape index (κ1) is 33.0. The van der Waals surface area contributed by atoms with Crippen molar-refractivity contribution in [1.29, 1.82) is 0 Å². The molecule has 3 saturated heterocycles. The molecule has 244 valence electrons. The summed E-state index contributed by atoms with van der Waals surface area (Å²) in [5.74, 6) is 4.87. The van der Waals surface area contributed by atoms with E-state index >= 15 is 0 Å². The minimum atomic E-state index is 0.0869. The van der Waals surface area contributed by atoms with Crippen LogP contribution in [0.3, 0.4) is 0 Å². The Balaban J connectivity index is 1.25. The van der Waals surface area contributed by atoms with E-state index in [-0.39, 0.29) is 17.5 Å². The van der Waals surface area contributed by atoms with Gasteiger partial charge in [-0.3, -0.25) is 0 Å². The van der Waals surface area contributed by atoms with Gasteiger partial charge in [0.25, 0.3) is 0 Å². The van der Waals surface area contributed by atoms with Crippen molar-refractivity contribution in [2.45, 2.75) is 135 Å². The number of fused-ring (bicyclic) bond motifs is 2. The second-order valence-electron chi connectivity index (χ2n) is 16.5. The summed E-state index contributed by atoms with van der Waals surface area (Å²) in [6.07, 6.45) is 27.0. The topological polar surface area (TPSA) is 27.7 Å². The van der Waals surface area contributed by atoms with Crippen molar-refractivity contribution in [3.63, 3.8) is 0 Å². The summed E-state index contributed by atoms with van der Waals surface area (Å²) in [6, 6.07) is 0.203. The average Bonchev–Trinajstić information content (AvgIpc) is 3.68. The molecule has 6 aliphatic rings. The van der Waals surface area contributed by atoms with E-state index in [2.05, 4.69) is 46.1 Å². The molecule has 0 radical (unpaired) electrons. The summed E-state index contributed by atoms with van der Waals surface area (Å²) in [5.41, 5.74) is 4.52. The zero-order valence-corrected chi connectivity index (χ0v) is 28.4. The number of hydrogen-bond acceptors (Lipinski definition) is 3. The fourth-order valence-corrected chi connectivity index (χ4v) is 10.4. The monoisotopic (exact) mass is 602 g/mol. The summed E-state index contributed by atoms with van der Waals surface area (Å²) in [6.45, 7) is 20.2. The van der Waals surface area contributed by atoms with Crippen LogP contribution in [0.2, 0.25) is 0 Å². The molecule has 10 atom stereocenters. The summed E-state index contributed by atoms with van der Waals surface area (Å²) in [7, 11) is 0. The Morgan fingerprint density at radius 1 is 0.955 bits per heavy atom. The van der Waals surface area contributed by atoms with Gasteiger partial charge in [-0.25, -0.2) is 0 Å². The van der Waals surface area contributed by atoms with E-state index < -0.39 is 0 Å². The Labute approximate surface area is 270 Å². The molecule has 5 fully saturated rings. The van der Waals surface area contributed by atoms with Crippen LogP contribution in [0.5, 0.6) is 0 Å². The molecule has 0 amide bonds. The molecule has 3 nitrogen and oxygen atoms in total. The van der Waals surface area contributed by atoms with Crippen LogP contribution in [0.15, 0.2) is 36.5 Å². The second-order valence-corrected chi connectivity index (χ2v) is 16.5. The molecule has 4 heteroatoms. The molecule has 44 heavy (non-hydrogen) atoms. The SMILES string of the molecule is C=C1CCC(CCC2CCCC=C[C@]3(C)C(C)CC4CCC(CC(=C)CC5CCOC5)CC4C(B=C4CCCOC4)OC23)C1. The van der Waals surface area contributed by atoms with Crippen molar-refractivity contribution in [3.05, 3.63) is 36.5 Å². The number of allylic oxidation sites excluding steroid dienone is 3. The summed E-state index contributed by atoms with van der Waals surface area (Å²) in [4.78, 5) is 0. The van der Waals surface area contributed by atoms with E-state index in [9.17, 15) is 0 Å². The Kier molecular flexibility index (Phi) is 11.5. The van der Waals surface area contributed by atoms with E-state index in [1.807, 2.05) is 0 Å². The quantitative estimate of drug-likeness (QED) is 0.205. The van der Waals surface area contributed by atoms with Gasteiger partial charge in [-0.15, -0.1) is 0 Å². The first-order chi connectivity index (χ1) is 21.4. The van der Waals surface area contributed by atoms with Gasteiger partial charge < -0.3 is 0 Å². The Morgan fingerprint density at radius 2 is 1.84 bits per heavy atom. The third kappa shape index (κ3) is 8.11. The summed E-state index contributed by atoms with van der Waals surface area (Å²) < 4.78 is 19.4.